The van der Waals surface area contributed by atoms with Crippen LogP contribution in [-0.2, 0) is 24.1 Å². The third kappa shape index (κ3) is 3.77. The molecule has 6 rings (SSSR count). The van der Waals surface area contributed by atoms with E-state index < -0.39 is 0 Å². The van der Waals surface area contributed by atoms with Crippen molar-refractivity contribution in [1.29, 1.82) is 0 Å². The minimum atomic E-state index is 0.502. The zero-order valence-electron chi connectivity index (χ0n) is 18.4. The third-order valence-electron chi connectivity index (χ3n) is 7.94. The van der Waals surface area contributed by atoms with Gasteiger partial charge in [0.25, 0.3) is 0 Å². The Kier molecular flexibility index (Phi) is 5.43. The van der Waals surface area contributed by atoms with Crippen molar-refractivity contribution in [3.63, 3.8) is 0 Å². The highest BCUT2D eigenvalue weighted by molar-refractivity contribution is 5.58. The van der Waals surface area contributed by atoms with Crippen molar-refractivity contribution in [2.45, 2.75) is 50.7 Å². The maximum atomic E-state index is 5.60. The molecule has 0 amide bonds. The smallest absolute Gasteiger partial charge is 0.0642 e. The van der Waals surface area contributed by atoms with Crippen molar-refractivity contribution in [1.82, 2.24) is 15.2 Å². The molecule has 31 heavy (non-hydrogen) atoms. The van der Waals surface area contributed by atoms with E-state index in [0.717, 1.165) is 51.7 Å². The number of aromatic nitrogens is 1. The lowest BCUT2D eigenvalue weighted by Gasteiger charge is -2.46. The van der Waals surface area contributed by atoms with Gasteiger partial charge in [0.05, 0.1) is 24.9 Å². The molecule has 3 atom stereocenters. The number of likely N-dealkylation sites (tertiary alicyclic amines) is 1. The van der Waals surface area contributed by atoms with E-state index in [0.29, 0.717) is 12.1 Å². The van der Waals surface area contributed by atoms with Crippen molar-refractivity contribution in [3.05, 3.63) is 58.9 Å². The van der Waals surface area contributed by atoms with Crippen LogP contribution in [0.4, 0.5) is 5.69 Å². The highest BCUT2D eigenvalue weighted by Crippen LogP contribution is 2.43. The fourth-order valence-corrected chi connectivity index (χ4v) is 6.43. The second-order valence-corrected chi connectivity index (χ2v) is 9.72. The number of aryl methyl sites for hydroxylation is 1. The van der Waals surface area contributed by atoms with Gasteiger partial charge >= 0.3 is 0 Å². The van der Waals surface area contributed by atoms with Gasteiger partial charge in [-0.15, -0.1) is 0 Å². The standard InChI is InChI=1S/C26H34N4O/c1-4-21-17-28-22(16-23(21)24(7-1)29-12-14-31-15-13-29)18-30-11-3-6-20-9-8-19-5-2-10-27-25(19)26(20)30/h1-2,4-5,7,10,20,22,26,28H,3,6,8-9,11-18H2/t20-,22+,26+/m0/s1. The van der Waals surface area contributed by atoms with Gasteiger partial charge in [0, 0.05) is 44.1 Å². The number of fused-ring (bicyclic) bond motifs is 4. The Labute approximate surface area is 185 Å². The van der Waals surface area contributed by atoms with E-state index in [1.54, 1.807) is 5.56 Å². The van der Waals surface area contributed by atoms with Crippen LogP contribution in [0.1, 0.15) is 47.7 Å². The van der Waals surface area contributed by atoms with Gasteiger partial charge in [-0.25, -0.2) is 0 Å². The van der Waals surface area contributed by atoms with Crippen molar-refractivity contribution < 1.29 is 4.74 Å². The lowest BCUT2D eigenvalue weighted by molar-refractivity contribution is 0.0661. The van der Waals surface area contributed by atoms with Crippen molar-refractivity contribution >= 4 is 5.69 Å². The molecule has 1 aliphatic carbocycles. The van der Waals surface area contributed by atoms with E-state index in [-0.39, 0.29) is 0 Å². The van der Waals surface area contributed by atoms with Crippen LogP contribution in [0.5, 0.6) is 0 Å². The molecule has 4 aliphatic rings. The molecule has 5 heteroatoms. The molecule has 2 fully saturated rings. The van der Waals surface area contributed by atoms with Gasteiger partial charge < -0.3 is 15.0 Å². The fourth-order valence-electron chi connectivity index (χ4n) is 6.43. The number of ether oxygens (including phenoxy) is 1. The number of hydrogen-bond acceptors (Lipinski definition) is 5. The number of pyridine rings is 1. The van der Waals surface area contributed by atoms with Gasteiger partial charge in [-0.3, -0.25) is 9.88 Å². The summed E-state index contributed by atoms with van der Waals surface area (Å²) in [6.45, 7) is 7.00. The Morgan fingerprint density at radius 1 is 1.03 bits per heavy atom. The molecule has 0 saturated carbocycles. The highest BCUT2D eigenvalue weighted by Gasteiger charge is 2.38. The van der Waals surface area contributed by atoms with Gasteiger partial charge in [0.15, 0.2) is 0 Å². The molecule has 5 nitrogen and oxygen atoms in total. The van der Waals surface area contributed by atoms with Crippen LogP contribution in [0.15, 0.2) is 36.5 Å². The van der Waals surface area contributed by atoms with E-state index in [1.165, 1.54) is 54.7 Å². The number of morpholine rings is 1. The first-order chi connectivity index (χ1) is 15.4. The quantitative estimate of drug-likeness (QED) is 0.828. The van der Waals surface area contributed by atoms with Gasteiger partial charge in [-0.1, -0.05) is 18.2 Å². The molecule has 0 unspecified atom stereocenters. The van der Waals surface area contributed by atoms with Crippen LogP contribution >= 0.6 is 0 Å². The molecule has 1 aromatic heterocycles. The summed E-state index contributed by atoms with van der Waals surface area (Å²) in [5, 5.41) is 3.87. The number of anilines is 1. The van der Waals surface area contributed by atoms with E-state index in [9.17, 15) is 0 Å². The molecule has 0 bridgehead atoms. The second-order valence-electron chi connectivity index (χ2n) is 9.72. The Balaban J connectivity index is 1.23. The van der Waals surface area contributed by atoms with E-state index in [2.05, 4.69) is 45.4 Å². The van der Waals surface area contributed by atoms with Gasteiger partial charge in [-0.05, 0) is 73.4 Å². The zero-order chi connectivity index (χ0) is 20.6. The van der Waals surface area contributed by atoms with Crippen LogP contribution in [0.3, 0.4) is 0 Å². The monoisotopic (exact) mass is 418 g/mol. The van der Waals surface area contributed by atoms with Gasteiger partial charge in [0.1, 0.15) is 0 Å². The van der Waals surface area contributed by atoms with E-state index in [1.807, 2.05) is 6.20 Å². The fraction of sp³-hybridized carbons (Fsp3) is 0.577. The summed E-state index contributed by atoms with van der Waals surface area (Å²) in [4.78, 5) is 10.2. The predicted octanol–water partition coefficient (Wildman–Crippen LogP) is 3.33. The Hall–Kier alpha value is -1.95. The first-order valence-electron chi connectivity index (χ1n) is 12.2. The minimum Gasteiger partial charge on any atom is -0.378 e. The number of piperidine rings is 1. The van der Waals surface area contributed by atoms with Crippen LogP contribution < -0.4 is 10.2 Å². The molecule has 1 N–H and O–H groups in total. The van der Waals surface area contributed by atoms with Crippen LogP contribution in [0.2, 0.25) is 0 Å². The van der Waals surface area contributed by atoms with Crippen LogP contribution in [0.25, 0.3) is 0 Å². The molecule has 2 saturated heterocycles. The first-order valence-corrected chi connectivity index (χ1v) is 12.2. The Morgan fingerprint density at radius 2 is 1.94 bits per heavy atom. The summed E-state index contributed by atoms with van der Waals surface area (Å²) in [5.41, 5.74) is 7.31. The third-order valence-corrected chi connectivity index (χ3v) is 7.94. The second kappa shape index (κ2) is 8.53. The van der Waals surface area contributed by atoms with E-state index >= 15 is 0 Å². The highest BCUT2D eigenvalue weighted by atomic mass is 16.5. The molecular weight excluding hydrogens is 384 g/mol. The Bertz CT molecular complexity index is 925. The summed E-state index contributed by atoms with van der Waals surface area (Å²) in [7, 11) is 0. The summed E-state index contributed by atoms with van der Waals surface area (Å²) in [6.07, 6.45) is 8.33. The molecule has 1 aromatic carbocycles. The lowest BCUT2D eigenvalue weighted by Crippen LogP contribution is -2.50. The average Bonchev–Trinajstić information content (AvgIpc) is 2.84. The maximum absolute atomic E-state index is 5.60. The summed E-state index contributed by atoms with van der Waals surface area (Å²) >= 11 is 0. The summed E-state index contributed by atoms with van der Waals surface area (Å²) in [5.74, 6) is 0.774. The summed E-state index contributed by atoms with van der Waals surface area (Å²) < 4.78 is 5.60. The molecule has 0 spiro atoms. The number of rotatable bonds is 3. The Morgan fingerprint density at radius 3 is 2.87 bits per heavy atom. The lowest BCUT2D eigenvalue weighted by atomic mass is 9.76. The van der Waals surface area contributed by atoms with Crippen LogP contribution in [0, 0.1) is 5.92 Å². The maximum Gasteiger partial charge on any atom is 0.0642 e. The average molecular weight is 419 g/mol. The first kappa shape index (κ1) is 19.7. The van der Waals surface area contributed by atoms with Crippen molar-refractivity contribution in [2.75, 3.05) is 44.3 Å². The van der Waals surface area contributed by atoms with Gasteiger partial charge in [0.2, 0.25) is 0 Å². The number of nitrogens with zero attached hydrogens (tertiary/aromatic N) is 3. The summed E-state index contributed by atoms with van der Waals surface area (Å²) in [6, 6.07) is 12.3. The topological polar surface area (TPSA) is 40.6 Å². The van der Waals surface area contributed by atoms with Crippen molar-refractivity contribution in [2.24, 2.45) is 5.92 Å². The zero-order valence-corrected chi connectivity index (χ0v) is 18.4. The van der Waals surface area contributed by atoms with Crippen molar-refractivity contribution in [3.8, 4) is 0 Å². The van der Waals surface area contributed by atoms with Gasteiger partial charge in [-0.2, -0.15) is 0 Å². The van der Waals surface area contributed by atoms with Crippen LogP contribution in [-0.4, -0.2) is 55.3 Å². The number of hydrogen-bond donors (Lipinski definition) is 1. The predicted molar refractivity (Wildman–Crippen MR) is 123 cm³/mol. The normalized spacial score (nSPS) is 28.5. The number of nitrogens with one attached hydrogen (secondary N) is 1. The number of benzene rings is 1. The molecule has 4 heterocycles. The molecule has 0 radical (unpaired) electrons. The largest absolute Gasteiger partial charge is 0.378 e. The molecule has 3 aliphatic heterocycles. The SMILES string of the molecule is c1cnc2c(c1)CC[C@@H]1CCCN(C[C@H]3Cc4c(cccc4N4CCOCC4)CN3)[C@@H]21. The molecule has 164 valence electrons. The van der Waals surface area contributed by atoms with E-state index in [4.69, 9.17) is 9.72 Å². The molecule has 2 aromatic rings. The molecular formula is C26H34N4O. The minimum absolute atomic E-state index is 0.502.